The predicted molar refractivity (Wildman–Crippen MR) is 151 cm³/mol. The Morgan fingerprint density at radius 1 is 0.921 bits per heavy atom. The zero-order valence-corrected chi connectivity index (χ0v) is 22.3. The lowest BCUT2D eigenvalue weighted by atomic mass is 10.1. The quantitative estimate of drug-likeness (QED) is 0.256. The van der Waals surface area contributed by atoms with Crippen molar-refractivity contribution in [3.05, 3.63) is 101 Å². The molecule has 0 bridgehead atoms. The molecule has 198 valence electrons. The fourth-order valence-electron chi connectivity index (χ4n) is 4.56. The van der Waals surface area contributed by atoms with Gasteiger partial charge in [0, 0.05) is 42.4 Å². The van der Waals surface area contributed by atoms with Crippen molar-refractivity contribution in [1.82, 2.24) is 14.8 Å². The van der Waals surface area contributed by atoms with Gasteiger partial charge < -0.3 is 20.1 Å². The number of fused-ring (bicyclic) bond motifs is 1. The summed E-state index contributed by atoms with van der Waals surface area (Å²) >= 11 is 0. The van der Waals surface area contributed by atoms with Gasteiger partial charge in [-0.05, 0) is 73.2 Å². The van der Waals surface area contributed by atoms with Gasteiger partial charge in [-0.25, -0.2) is 9.18 Å². The first-order valence-corrected chi connectivity index (χ1v) is 13.0. The third-order valence-electron chi connectivity index (χ3n) is 6.92. The number of aromatic nitrogens is 1. The number of amides is 3. The lowest BCUT2D eigenvalue weighted by molar-refractivity contribution is -0.132. The van der Waals surface area contributed by atoms with Gasteiger partial charge in [-0.2, -0.15) is 0 Å². The topological polar surface area (TPSA) is 68.4 Å². The number of rotatable bonds is 10. The molecule has 4 rings (SSSR count). The van der Waals surface area contributed by atoms with Crippen molar-refractivity contribution in [2.75, 3.05) is 25.0 Å². The fourth-order valence-corrected chi connectivity index (χ4v) is 4.56. The summed E-state index contributed by atoms with van der Waals surface area (Å²) in [6.45, 7) is 7.16. The lowest BCUT2D eigenvalue weighted by Gasteiger charge is -2.28. The van der Waals surface area contributed by atoms with Crippen LogP contribution in [-0.2, 0) is 17.8 Å². The van der Waals surface area contributed by atoms with Crippen LogP contribution in [0.1, 0.15) is 35.6 Å². The van der Waals surface area contributed by atoms with Gasteiger partial charge >= 0.3 is 6.03 Å². The van der Waals surface area contributed by atoms with Crippen molar-refractivity contribution in [2.45, 2.75) is 40.2 Å². The van der Waals surface area contributed by atoms with Crippen LogP contribution in [0.2, 0.25) is 0 Å². The van der Waals surface area contributed by atoms with Gasteiger partial charge in [0.2, 0.25) is 5.91 Å². The second-order valence-corrected chi connectivity index (χ2v) is 9.65. The van der Waals surface area contributed by atoms with Gasteiger partial charge in [0.05, 0.1) is 0 Å². The van der Waals surface area contributed by atoms with E-state index in [2.05, 4.69) is 16.4 Å². The van der Waals surface area contributed by atoms with Crippen molar-refractivity contribution in [3.8, 4) is 0 Å². The van der Waals surface area contributed by atoms with Crippen LogP contribution in [0.25, 0.3) is 10.9 Å². The Hall–Kier alpha value is -4.13. The average Bonchev–Trinajstić information content (AvgIpc) is 3.33. The van der Waals surface area contributed by atoms with E-state index in [1.54, 1.807) is 21.9 Å². The number of nitrogens with zero attached hydrogens (tertiary/aromatic N) is 2. The Kier molecular flexibility index (Phi) is 8.79. The molecule has 0 radical (unpaired) electrons. The van der Waals surface area contributed by atoms with Crippen molar-refractivity contribution in [2.24, 2.45) is 0 Å². The van der Waals surface area contributed by atoms with Gasteiger partial charge in [0.25, 0.3) is 0 Å². The highest BCUT2D eigenvalue weighted by Crippen LogP contribution is 2.20. The SMILES string of the molecule is CCCN(CC(=O)N(CCc1c[nH]c2ccccc12)Cc1ccc(F)cc1)C(=O)Nc1cccc(C)c1C. The molecule has 1 aromatic heterocycles. The van der Waals surface area contributed by atoms with E-state index in [0.29, 0.717) is 26.1 Å². The number of para-hydroxylation sites is 1. The standard InChI is InChI=1S/C31H35FN4O2/c1-4-17-36(31(38)34-28-11-7-8-22(2)23(28)3)21-30(37)35(20-24-12-14-26(32)15-13-24)18-16-25-19-33-29-10-6-5-9-27(25)29/h5-15,19,33H,4,16-18,20-21H2,1-3H3,(H,34,38). The number of hydrogen-bond acceptors (Lipinski definition) is 2. The first-order valence-electron chi connectivity index (χ1n) is 13.0. The van der Waals surface area contributed by atoms with E-state index < -0.39 is 0 Å². The van der Waals surface area contributed by atoms with E-state index in [1.807, 2.05) is 63.4 Å². The van der Waals surface area contributed by atoms with E-state index >= 15 is 0 Å². The van der Waals surface area contributed by atoms with Gasteiger partial charge in [-0.1, -0.05) is 49.4 Å². The molecule has 1 heterocycles. The Balaban J connectivity index is 1.51. The van der Waals surface area contributed by atoms with E-state index in [-0.39, 0.29) is 24.3 Å². The smallest absolute Gasteiger partial charge is 0.322 e. The molecule has 3 aromatic carbocycles. The summed E-state index contributed by atoms with van der Waals surface area (Å²) in [5.74, 6) is -0.471. The number of nitrogens with one attached hydrogen (secondary N) is 2. The summed E-state index contributed by atoms with van der Waals surface area (Å²) in [4.78, 5) is 33.4. The van der Waals surface area contributed by atoms with Gasteiger partial charge in [-0.3, -0.25) is 4.79 Å². The van der Waals surface area contributed by atoms with E-state index in [4.69, 9.17) is 0 Å². The minimum Gasteiger partial charge on any atom is -0.361 e. The maximum atomic E-state index is 13.6. The number of carbonyl (C=O) groups is 2. The molecule has 2 N–H and O–H groups in total. The average molecular weight is 515 g/mol. The number of halogens is 1. The minimum atomic E-state index is -0.317. The number of hydrogen-bond donors (Lipinski definition) is 2. The van der Waals surface area contributed by atoms with Crippen LogP contribution in [0.4, 0.5) is 14.9 Å². The largest absolute Gasteiger partial charge is 0.361 e. The molecule has 0 spiro atoms. The summed E-state index contributed by atoms with van der Waals surface area (Å²) in [7, 11) is 0. The first-order chi connectivity index (χ1) is 18.4. The third-order valence-corrected chi connectivity index (χ3v) is 6.92. The molecule has 0 unspecified atom stereocenters. The molecule has 0 saturated heterocycles. The predicted octanol–water partition coefficient (Wildman–Crippen LogP) is 6.44. The molecule has 0 atom stereocenters. The highest BCUT2D eigenvalue weighted by molar-refractivity contribution is 5.93. The number of H-pyrrole nitrogens is 1. The normalized spacial score (nSPS) is 10.9. The van der Waals surface area contributed by atoms with Crippen molar-refractivity contribution >= 4 is 28.5 Å². The minimum absolute atomic E-state index is 0.0420. The molecular formula is C31H35FN4O2. The zero-order chi connectivity index (χ0) is 27.1. The molecular weight excluding hydrogens is 479 g/mol. The van der Waals surface area contributed by atoms with E-state index in [1.165, 1.54) is 12.1 Å². The molecule has 0 fully saturated rings. The zero-order valence-electron chi connectivity index (χ0n) is 22.3. The highest BCUT2D eigenvalue weighted by Gasteiger charge is 2.22. The monoisotopic (exact) mass is 514 g/mol. The molecule has 7 heteroatoms. The fraction of sp³-hybridized carbons (Fsp3) is 0.290. The molecule has 0 aliphatic carbocycles. The number of carbonyl (C=O) groups excluding carboxylic acids is 2. The van der Waals surface area contributed by atoms with Gasteiger partial charge in [0.15, 0.2) is 0 Å². The molecule has 3 amide bonds. The molecule has 0 saturated carbocycles. The van der Waals surface area contributed by atoms with Crippen molar-refractivity contribution in [3.63, 3.8) is 0 Å². The maximum Gasteiger partial charge on any atom is 0.322 e. The van der Waals surface area contributed by atoms with E-state index in [0.717, 1.165) is 45.3 Å². The number of urea groups is 1. The van der Waals surface area contributed by atoms with Crippen LogP contribution in [0.3, 0.4) is 0 Å². The Labute approximate surface area is 223 Å². The Morgan fingerprint density at radius 2 is 1.68 bits per heavy atom. The number of aromatic amines is 1. The van der Waals surface area contributed by atoms with Crippen LogP contribution < -0.4 is 5.32 Å². The van der Waals surface area contributed by atoms with Crippen molar-refractivity contribution < 1.29 is 14.0 Å². The Bertz CT molecular complexity index is 1400. The molecule has 38 heavy (non-hydrogen) atoms. The number of benzene rings is 3. The van der Waals surface area contributed by atoms with E-state index in [9.17, 15) is 14.0 Å². The van der Waals surface area contributed by atoms with Crippen LogP contribution in [0.15, 0.2) is 72.9 Å². The number of anilines is 1. The van der Waals surface area contributed by atoms with Crippen LogP contribution in [0, 0.1) is 19.7 Å². The molecule has 0 aliphatic heterocycles. The molecule has 4 aromatic rings. The van der Waals surface area contributed by atoms with Crippen LogP contribution in [0.5, 0.6) is 0 Å². The van der Waals surface area contributed by atoms with Gasteiger partial charge in [-0.15, -0.1) is 0 Å². The molecule has 0 aliphatic rings. The lowest BCUT2D eigenvalue weighted by Crippen LogP contribution is -2.45. The summed E-state index contributed by atoms with van der Waals surface area (Å²) < 4.78 is 13.5. The third kappa shape index (κ3) is 6.59. The van der Waals surface area contributed by atoms with Crippen LogP contribution in [-0.4, -0.2) is 46.4 Å². The molecule has 6 nitrogen and oxygen atoms in total. The second kappa shape index (κ2) is 12.4. The summed E-state index contributed by atoms with van der Waals surface area (Å²) in [5.41, 5.74) is 5.84. The van der Waals surface area contributed by atoms with Crippen LogP contribution >= 0.6 is 0 Å². The van der Waals surface area contributed by atoms with Crippen molar-refractivity contribution in [1.29, 1.82) is 0 Å². The summed E-state index contributed by atoms with van der Waals surface area (Å²) in [6, 6.07) is 19.7. The second-order valence-electron chi connectivity index (χ2n) is 9.65. The maximum absolute atomic E-state index is 13.6. The Morgan fingerprint density at radius 3 is 2.45 bits per heavy atom. The first kappa shape index (κ1) is 26.9. The van der Waals surface area contributed by atoms with Gasteiger partial charge in [0.1, 0.15) is 12.4 Å². The number of aryl methyl sites for hydroxylation is 1. The summed E-state index contributed by atoms with van der Waals surface area (Å²) in [6.07, 6.45) is 3.35. The summed E-state index contributed by atoms with van der Waals surface area (Å²) in [5, 5.41) is 4.11. The highest BCUT2D eigenvalue weighted by atomic mass is 19.1.